The molecule has 0 aliphatic carbocycles. The number of amides is 3. The molecule has 1 heterocycles. The molecule has 1 atom stereocenters. The summed E-state index contributed by atoms with van der Waals surface area (Å²) in [5.41, 5.74) is 4.01. The Morgan fingerprint density at radius 1 is 1.07 bits per heavy atom. The third-order valence-corrected chi connectivity index (χ3v) is 6.23. The Kier molecular flexibility index (Phi) is 11.1. The topological polar surface area (TPSA) is 183 Å². The zero-order chi connectivity index (χ0) is 30.8. The van der Waals surface area contributed by atoms with E-state index < -0.39 is 43.1 Å². The van der Waals surface area contributed by atoms with E-state index in [1.165, 1.54) is 20.4 Å². The van der Waals surface area contributed by atoms with Gasteiger partial charge < -0.3 is 39.4 Å². The highest BCUT2D eigenvalue weighted by molar-refractivity contribution is 9.10. The van der Waals surface area contributed by atoms with Crippen LogP contribution >= 0.6 is 15.9 Å². The number of ether oxygens (including phenoxy) is 5. The van der Waals surface area contributed by atoms with Crippen molar-refractivity contribution in [3.8, 4) is 23.0 Å². The van der Waals surface area contributed by atoms with Gasteiger partial charge in [0.15, 0.2) is 36.2 Å². The molecule has 0 aromatic heterocycles. The Morgan fingerprint density at radius 3 is 2.48 bits per heavy atom. The fraction of sp³-hybridized carbons (Fsp3) is 0.296. The van der Waals surface area contributed by atoms with Crippen LogP contribution in [-0.2, 0) is 19.1 Å². The third-order valence-electron chi connectivity index (χ3n) is 5.64. The molecule has 0 saturated heterocycles. The molecule has 3 amide bonds. The predicted octanol–water partition coefficient (Wildman–Crippen LogP) is 2.65. The van der Waals surface area contributed by atoms with E-state index in [0.717, 1.165) is 0 Å². The molecule has 0 unspecified atom stereocenters. The lowest BCUT2D eigenvalue weighted by molar-refractivity contribution is -0.140. The Morgan fingerprint density at radius 2 is 1.81 bits per heavy atom. The second kappa shape index (κ2) is 14.7. The second-order valence-corrected chi connectivity index (χ2v) is 9.35. The van der Waals surface area contributed by atoms with Crippen molar-refractivity contribution in [1.82, 2.24) is 16.1 Å². The fourth-order valence-electron chi connectivity index (χ4n) is 3.85. The number of carbonyl (C=O) groups is 4. The van der Waals surface area contributed by atoms with Crippen LogP contribution in [0.3, 0.4) is 0 Å². The number of carboxylic acids is 1. The van der Waals surface area contributed by atoms with E-state index in [2.05, 4.69) is 37.1 Å². The molecule has 0 saturated carbocycles. The van der Waals surface area contributed by atoms with Crippen LogP contribution in [0.2, 0.25) is 0 Å². The molecular weight excluding hydrogens is 620 g/mol. The largest absolute Gasteiger partial charge is 0.493 e. The summed E-state index contributed by atoms with van der Waals surface area (Å²) >= 11 is 3.30. The molecule has 14 nitrogen and oxygen atoms in total. The summed E-state index contributed by atoms with van der Waals surface area (Å²) in [5.74, 6) is -1.31. The highest BCUT2D eigenvalue weighted by Gasteiger charge is 2.32. The number of allylic oxidation sites excluding steroid dienone is 1. The Balaban J connectivity index is 1.66. The van der Waals surface area contributed by atoms with Gasteiger partial charge in [-0.1, -0.05) is 6.07 Å². The summed E-state index contributed by atoms with van der Waals surface area (Å²) in [7, 11) is 2.81. The molecule has 1 aliphatic rings. The molecule has 2 aromatic carbocycles. The first-order chi connectivity index (χ1) is 20.1. The lowest BCUT2D eigenvalue weighted by atomic mass is 9.95. The van der Waals surface area contributed by atoms with E-state index >= 15 is 0 Å². The van der Waals surface area contributed by atoms with Crippen LogP contribution in [-0.4, -0.2) is 69.2 Å². The number of hydrazone groups is 1. The summed E-state index contributed by atoms with van der Waals surface area (Å²) in [6.45, 7) is 2.50. The zero-order valence-electron chi connectivity index (χ0n) is 23.1. The van der Waals surface area contributed by atoms with E-state index in [4.69, 9.17) is 28.8 Å². The number of hydrogen-bond donors (Lipinski definition) is 4. The molecule has 3 rings (SSSR count). The average Bonchev–Trinajstić information content (AvgIpc) is 2.94. The summed E-state index contributed by atoms with van der Waals surface area (Å²) in [4.78, 5) is 47.8. The zero-order valence-corrected chi connectivity index (χ0v) is 24.7. The maximum atomic E-state index is 12.6. The highest BCUT2D eigenvalue weighted by atomic mass is 79.9. The van der Waals surface area contributed by atoms with Crippen molar-refractivity contribution in [1.29, 1.82) is 0 Å². The molecular formula is C27H29BrN4O10. The second-order valence-electron chi connectivity index (χ2n) is 8.50. The van der Waals surface area contributed by atoms with Gasteiger partial charge in [-0.3, -0.25) is 4.79 Å². The van der Waals surface area contributed by atoms with Crippen LogP contribution in [0.15, 0.2) is 51.2 Å². The van der Waals surface area contributed by atoms with Crippen LogP contribution in [0.1, 0.15) is 31.0 Å². The minimum atomic E-state index is -1.14. The monoisotopic (exact) mass is 648 g/mol. The number of urea groups is 1. The quantitative estimate of drug-likeness (QED) is 0.143. The van der Waals surface area contributed by atoms with Crippen LogP contribution in [0.25, 0.3) is 0 Å². The summed E-state index contributed by atoms with van der Waals surface area (Å²) in [6.07, 6.45) is 1.35. The lowest BCUT2D eigenvalue weighted by Crippen LogP contribution is -2.45. The number of hydrogen-bond acceptors (Lipinski definition) is 10. The molecule has 224 valence electrons. The SMILES string of the molecule is CCOC(=O)C1=C(C)NC(=O)N[C@H]1c1ccc(OCC(=O)N/N=C\c2cc(Br)c(OCC(=O)O)c(OC)c2)c(OC)c1. The van der Waals surface area contributed by atoms with Gasteiger partial charge in [0, 0.05) is 5.70 Å². The number of benzene rings is 2. The van der Waals surface area contributed by atoms with Gasteiger partial charge in [0.05, 0.1) is 43.1 Å². The number of methoxy groups -OCH3 is 2. The summed E-state index contributed by atoms with van der Waals surface area (Å²) in [6, 6.07) is 6.65. The summed E-state index contributed by atoms with van der Waals surface area (Å²) < 4.78 is 27.1. The Bertz CT molecular complexity index is 1430. The van der Waals surface area contributed by atoms with Gasteiger partial charge in [-0.25, -0.2) is 19.8 Å². The lowest BCUT2D eigenvalue weighted by Gasteiger charge is -2.28. The predicted molar refractivity (Wildman–Crippen MR) is 152 cm³/mol. The van der Waals surface area contributed by atoms with Crippen molar-refractivity contribution < 1.29 is 48.0 Å². The van der Waals surface area contributed by atoms with Crippen molar-refractivity contribution in [2.45, 2.75) is 19.9 Å². The molecule has 0 spiro atoms. The van der Waals surface area contributed by atoms with E-state index in [1.807, 2.05) is 0 Å². The maximum Gasteiger partial charge on any atom is 0.341 e. The molecule has 0 bridgehead atoms. The van der Waals surface area contributed by atoms with Crippen molar-refractivity contribution in [3.63, 3.8) is 0 Å². The van der Waals surface area contributed by atoms with Gasteiger partial charge in [-0.2, -0.15) is 5.10 Å². The van der Waals surface area contributed by atoms with E-state index in [0.29, 0.717) is 21.3 Å². The smallest absolute Gasteiger partial charge is 0.341 e. The fourth-order valence-corrected chi connectivity index (χ4v) is 4.42. The number of esters is 1. The first-order valence-corrected chi connectivity index (χ1v) is 13.2. The maximum absolute atomic E-state index is 12.6. The van der Waals surface area contributed by atoms with Crippen molar-refractivity contribution in [3.05, 3.63) is 57.2 Å². The number of nitrogens with one attached hydrogen (secondary N) is 3. The van der Waals surface area contributed by atoms with Crippen molar-refractivity contribution >= 4 is 46.0 Å². The molecule has 4 N–H and O–H groups in total. The number of halogens is 1. The molecule has 2 aromatic rings. The van der Waals surface area contributed by atoms with Gasteiger partial charge in [0.25, 0.3) is 5.91 Å². The highest BCUT2D eigenvalue weighted by Crippen LogP contribution is 2.37. The third kappa shape index (κ3) is 8.13. The molecule has 0 fully saturated rings. The molecule has 15 heteroatoms. The standard InChI is InChI=1S/C27H29BrN4O10/c1-5-40-26(36)23-14(2)30-27(37)31-24(23)16-6-7-18(19(10-16)38-3)41-12-21(33)32-29-11-15-8-17(28)25(20(9-15)39-4)42-13-22(34)35/h6-11,24H,5,12-13H2,1-4H3,(H,32,33)(H,34,35)(H2,30,31,37)/b29-11-/t24-/m0/s1. The number of rotatable bonds is 13. The van der Waals surface area contributed by atoms with E-state index in [1.54, 1.807) is 44.2 Å². The van der Waals surface area contributed by atoms with E-state index in [9.17, 15) is 19.2 Å². The minimum absolute atomic E-state index is 0.167. The van der Waals surface area contributed by atoms with Gasteiger partial charge in [0.1, 0.15) is 0 Å². The van der Waals surface area contributed by atoms with Crippen LogP contribution in [0.4, 0.5) is 4.79 Å². The number of nitrogens with zero attached hydrogens (tertiary/aromatic N) is 1. The molecule has 0 radical (unpaired) electrons. The van der Waals surface area contributed by atoms with Gasteiger partial charge in [0.2, 0.25) is 0 Å². The van der Waals surface area contributed by atoms with Crippen LogP contribution < -0.4 is 35.0 Å². The number of carboxylic acid groups (broad SMARTS) is 1. The Hall–Kier alpha value is -4.79. The van der Waals surface area contributed by atoms with Crippen LogP contribution in [0, 0.1) is 0 Å². The molecule has 42 heavy (non-hydrogen) atoms. The first kappa shape index (κ1) is 31.7. The van der Waals surface area contributed by atoms with Gasteiger partial charge in [-0.15, -0.1) is 0 Å². The molecule has 1 aliphatic heterocycles. The summed E-state index contributed by atoms with van der Waals surface area (Å²) in [5, 5.41) is 18.0. The van der Waals surface area contributed by atoms with Gasteiger partial charge in [-0.05, 0) is 65.2 Å². The average molecular weight is 649 g/mol. The normalized spacial score (nSPS) is 14.5. The minimum Gasteiger partial charge on any atom is -0.493 e. The van der Waals surface area contributed by atoms with Gasteiger partial charge >= 0.3 is 18.0 Å². The van der Waals surface area contributed by atoms with Crippen LogP contribution in [0.5, 0.6) is 23.0 Å². The van der Waals surface area contributed by atoms with E-state index in [-0.39, 0.29) is 35.2 Å². The van der Waals surface area contributed by atoms with Crippen molar-refractivity contribution in [2.75, 3.05) is 34.0 Å². The Labute approximate surface area is 249 Å². The number of carbonyl (C=O) groups excluding carboxylic acids is 3. The van der Waals surface area contributed by atoms with Crippen molar-refractivity contribution in [2.24, 2.45) is 5.10 Å². The number of aliphatic carboxylic acids is 1. The first-order valence-electron chi connectivity index (χ1n) is 12.4.